The molecule has 30 heavy (non-hydrogen) atoms. The highest BCUT2D eigenvalue weighted by molar-refractivity contribution is 5.98. The van der Waals surface area contributed by atoms with Crippen molar-refractivity contribution in [2.75, 3.05) is 13.1 Å². The van der Waals surface area contributed by atoms with Crippen molar-refractivity contribution in [1.29, 1.82) is 0 Å². The van der Waals surface area contributed by atoms with Crippen LogP contribution in [0.5, 0.6) is 0 Å². The molecular weight excluding hydrogens is 388 g/mol. The molecule has 2 heterocycles. The van der Waals surface area contributed by atoms with Crippen molar-refractivity contribution in [3.63, 3.8) is 0 Å². The first-order valence-corrected chi connectivity index (χ1v) is 8.95. The molecule has 0 unspecified atom stereocenters. The molecule has 0 saturated carbocycles. The number of hydrogen-bond donors (Lipinski definition) is 2. The number of aromatic nitrogens is 8. The van der Waals surface area contributed by atoms with E-state index in [-0.39, 0.29) is 24.9 Å². The smallest absolute Gasteiger partial charge is 0.253 e. The van der Waals surface area contributed by atoms with Crippen LogP contribution in [0.15, 0.2) is 61.2 Å². The second kappa shape index (κ2) is 8.68. The maximum atomic E-state index is 12.6. The van der Waals surface area contributed by atoms with E-state index in [1.54, 1.807) is 48.5 Å². The van der Waals surface area contributed by atoms with Gasteiger partial charge in [0, 0.05) is 13.1 Å². The fraction of sp³-hybridized carbons (Fsp3) is 0.111. The molecule has 2 aromatic heterocycles. The first-order valence-electron chi connectivity index (χ1n) is 8.95. The van der Waals surface area contributed by atoms with Crippen molar-refractivity contribution in [1.82, 2.24) is 51.0 Å². The number of nitrogens with zero attached hydrogens (tertiary/aromatic N) is 8. The van der Waals surface area contributed by atoms with Crippen LogP contribution < -0.4 is 10.6 Å². The topological polar surface area (TPSA) is 145 Å². The Hall–Kier alpha value is -4.48. The van der Waals surface area contributed by atoms with Gasteiger partial charge in [0.25, 0.3) is 11.8 Å². The van der Waals surface area contributed by atoms with Crippen LogP contribution in [0.4, 0.5) is 0 Å². The summed E-state index contributed by atoms with van der Waals surface area (Å²) < 4.78 is 2.82. The normalized spacial score (nSPS) is 10.5. The maximum absolute atomic E-state index is 12.6. The summed E-state index contributed by atoms with van der Waals surface area (Å²) in [5.41, 5.74) is 1.94. The van der Waals surface area contributed by atoms with Crippen molar-refractivity contribution in [3.05, 3.63) is 72.3 Å². The number of tetrazole rings is 2. The highest BCUT2D eigenvalue weighted by Gasteiger charge is 2.14. The molecule has 150 valence electrons. The van der Waals surface area contributed by atoms with Gasteiger partial charge in [-0.15, -0.1) is 10.2 Å². The number of rotatable bonds is 7. The van der Waals surface area contributed by atoms with Crippen molar-refractivity contribution < 1.29 is 9.59 Å². The van der Waals surface area contributed by atoms with Gasteiger partial charge in [-0.2, -0.15) is 9.36 Å². The molecule has 0 saturated heterocycles. The van der Waals surface area contributed by atoms with E-state index < -0.39 is 0 Å². The zero-order chi connectivity index (χ0) is 20.8. The molecule has 0 spiro atoms. The monoisotopic (exact) mass is 404 g/mol. The lowest BCUT2D eigenvalue weighted by atomic mass is 10.1. The summed E-state index contributed by atoms with van der Waals surface area (Å²) in [5, 5.41) is 27.5. The summed E-state index contributed by atoms with van der Waals surface area (Å²) >= 11 is 0. The molecule has 0 aliphatic rings. The highest BCUT2D eigenvalue weighted by Crippen LogP contribution is 2.13. The molecule has 0 aliphatic heterocycles. The first-order chi connectivity index (χ1) is 14.7. The van der Waals surface area contributed by atoms with Crippen molar-refractivity contribution in [2.24, 2.45) is 0 Å². The van der Waals surface area contributed by atoms with Gasteiger partial charge in [-0.1, -0.05) is 24.3 Å². The largest absolute Gasteiger partial charge is 0.350 e. The van der Waals surface area contributed by atoms with Crippen LogP contribution in [0, 0.1) is 0 Å². The second-order valence-electron chi connectivity index (χ2n) is 6.05. The molecule has 0 bridgehead atoms. The molecule has 12 nitrogen and oxygen atoms in total. The Kier molecular flexibility index (Phi) is 5.46. The fourth-order valence-corrected chi connectivity index (χ4v) is 2.82. The minimum absolute atomic E-state index is 0.238. The van der Waals surface area contributed by atoms with Gasteiger partial charge >= 0.3 is 0 Å². The van der Waals surface area contributed by atoms with Crippen LogP contribution in [0.1, 0.15) is 20.7 Å². The highest BCUT2D eigenvalue weighted by atomic mass is 16.2. The molecule has 0 atom stereocenters. The van der Waals surface area contributed by atoms with Gasteiger partial charge in [0.2, 0.25) is 0 Å². The molecule has 12 heteroatoms. The zero-order valence-electron chi connectivity index (χ0n) is 15.6. The van der Waals surface area contributed by atoms with E-state index in [0.29, 0.717) is 22.5 Å². The molecule has 2 N–H and O–H groups in total. The third-order valence-corrected chi connectivity index (χ3v) is 4.19. The predicted octanol–water partition coefficient (Wildman–Crippen LogP) is -0.202. The van der Waals surface area contributed by atoms with E-state index in [0.717, 1.165) is 0 Å². The van der Waals surface area contributed by atoms with Crippen LogP contribution in [0.3, 0.4) is 0 Å². The number of para-hydroxylation sites is 2. The Morgan fingerprint density at radius 3 is 1.53 bits per heavy atom. The van der Waals surface area contributed by atoms with Crippen LogP contribution in [-0.2, 0) is 0 Å². The number of hydrogen-bond acceptors (Lipinski definition) is 8. The minimum atomic E-state index is -0.301. The van der Waals surface area contributed by atoms with E-state index >= 15 is 0 Å². The summed E-state index contributed by atoms with van der Waals surface area (Å²) in [4.78, 5) is 25.1. The Morgan fingerprint density at radius 1 is 0.700 bits per heavy atom. The van der Waals surface area contributed by atoms with Crippen LogP contribution in [-0.4, -0.2) is 65.3 Å². The number of amides is 2. The van der Waals surface area contributed by atoms with Gasteiger partial charge < -0.3 is 10.6 Å². The zero-order valence-corrected chi connectivity index (χ0v) is 15.6. The third-order valence-electron chi connectivity index (χ3n) is 4.19. The summed E-state index contributed by atoms with van der Waals surface area (Å²) in [5.74, 6) is -0.603. The van der Waals surface area contributed by atoms with E-state index in [1.807, 2.05) is 0 Å². The lowest BCUT2D eigenvalue weighted by molar-refractivity contribution is 0.0927. The molecular formula is C18H16N10O2. The number of carbonyl (C=O) groups excluding carboxylic acids is 2. The van der Waals surface area contributed by atoms with Crippen molar-refractivity contribution in [2.45, 2.75) is 0 Å². The van der Waals surface area contributed by atoms with Gasteiger partial charge in [-0.05, 0) is 45.1 Å². The van der Waals surface area contributed by atoms with Crippen molar-refractivity contribution in [3.8, 4) is 11.4 Å². The molecule has 0 radical (unpaired) electrons. The number of carbonyl (C=O) groups is 2. The third kappa shape index (κ3) is 4.01. The number of nitrogens with one attached hydrogen (secondary N) is 2. The summed E-state index contributed by atoms with van der Waals surface area (Å²) in [7, 11) is 0. The van der Waals surface area contributed by atoms with Crippen LogP contribution >= 0.6 is 0 Å². The van der Waals surface area contributed by atoms with Gasteiger partial charge in [-0.25, -0.2) is 0 Å². The van der Waals surface area contributed by atoms with Gasteiger partial charge in [0.05, 0.1) is 22.5 Å². The lowest BCUT2D eigenvalue weighted by Crippen LogP contribution is -2.35. The summed E-state index contributed by atoms with van der Waals surface area (Å²) in [6.45, 7) is 0.475. The molecule has 4 rings (SSSR count). The van der Waals surface area contributed by atoms with Crippen molar-refractivity contribution >= 4 is 11.8 Å². The quantitative estimate of drug-likeness (QED) is 0.403. The minimum Gasteiger partial charge on any atom is -0.350 e. The predicted molar refractivity (Wildman–Crippen MR) is 103 cm³/mol. The average Bonchev–Trinajstić information content (AvgIpc) is 3.51. The Bertz CT molecular complexity index is 1050. The van der Waals surface area contributed by atoms with Crippen LogP contribution in [0.2, 0.25) is 0 Å². The van der Waals surface area contributed by atoms with Crippen LogP contribution in [0.25, 0.3) is 11.4 Å². The van der Waals surface area contributed by atoms with Gasteiger partial charge in [-0.3, -0.25) is 9.59 Å². The van der Waals surface area contributed by atoms with E-state index in [2.05, 4.69) is 41.7 Å². The Balaban J connectivity index is 1.36. The summed E-state index contributed by atoms with van der Waals surface area (Å²) in [6, 6.07) is 13.9. The van der Waals surface area contributed by atoms with E-state index in [4.69, 9.17) is 0 Å². The molecule has 4 aromatic rings. The van der Waals surface area contributed by atoms with Gasteiger partial charge in [0.1, 0.15) is 12.7 Å². The number of benzene rings is 2. The Labute approximate surface area is 169 Å². The second-order valence-corrected chi connectivity index (χ2v) is 6.05. The fourth-order valence-electron chi connectivity index (χ4n) is 2.82. The maximum Gasteiger partial charge on any atom is 0.253 e. The van der Waals surface area contributed by atoms with E-state index in [9.17, 15) is 9.59 Å². The van der Waals surface area contributed by atoms with E-state index in [1.165, 1.54) is 22.0 Å². The first kappa shape index (κ1) is 18.9. The van der Waals surface area contributed by atoms with Gasteiger partial charge in [0.15, 0.2) is 0 Å². The standard InChI is InChI=1S/C18H16N10O2/c29-17(13-5-1-3-7-15(13)27-11-21-23-25-27)19-9-10-20-18(30)14-6-2-4-8-16(14)28-12-22-24-26-28/h1-8,11-12H,9-10H2,(H,19,29)(H,20,30). The average molecular weight is 404 g/mol. The molecule has 0 fully saturated rings. The molecule has 0 aliphatic carbocycles. The Morgan fingerprint density at radius 2 is 1.13 bits per heavy atom. The molecule has 2 aromatic carbocycles. The summed E-state index contributed by atoms with van der Waals surface area (Å²) in [6.07, 6.45) is 2.82. The molecule has 2 amide bonds. The lowest BCUT2D eigenvalue weighted by Gasteiger charge is -2.11. The SMILES string of the molecule is O=C(NCCNC(=O)c1ccccc1-n1cnnn1)c1ccccc1-n1cnnn1.